The molecule has 4 heteroatoms. The summed E-state index contributed by atoms with van der Waals surface area (Å²) in [5, 5.41) is 14.7. The van der Waals surface area contributed by atoms with Crippen molar-refractivity contribution in [2.75, 3.05) is 6.61 Å². The Morgan fingerprint density at radius 3 is 2.37 bits per heavy atom. The third-order valence-corrected chi connectivity index (χ3v) is 3.48. The second-order valence-electron chi connectivity index (χ2n) is 4.89. The molecule has 0 radical (unpaired) electrons. The van der Waals surface area contributed by atoms with Gasteiger partial charge >= 0.3 is 6.03 Å². The summed E-state index contributed by atoms with van der Waals surface area (Å²) in [6.45, 7) is 5.96. The number of carbonyl (C=O) groups excluding carboxylic acids is 1. The van der Waals surface area contributed by atoms with Gasteiger partial charge in [-0.1, -0.05) is 44.2 Å². The van der Waals surface area contributed by atoms with Crippen molar-refractivity contribution >= 4 is 6.03 Å². The molecule has 1 aromatic rings. The predicted molar refractivity (Wildman–Crippen MR) is 77.2 cm³/mol. The molecule has 2 amide bonds. The molecule has 0 heterocycles. The minimum atomic E-state index is -0.226. The Hall–Kier alpha value is -1.55. The van der Waals surface area contributed by atoms with Gasteiger partial charge in [-0.15, -0.1) is 0 Å². The van der Waals surface area contributed by atoms with E-state index in [-0.39, 0.29) is 30.6 Å². The lowest BCUT2D eigenvalue weighted by Gasteiger charge is -2.23. The van der Waals surface area contributed by atoms with E-state index in [1.807, 2.05) is 32.0 Å². The molecular formula is C15H24N2O2. The minimum Gasteiger partial charge on any atom is -0.394 e. The second kappa shape index (κ2) is 7.79. The Bertz CT molecular complexity index is 377. The van der Waals surface area contributed by atoms with Gasteiger partial charge in [-0.05, 0) is 18.9 Å². The topological polar surface area (TPSA) is 61.4 Å². The van der Waals surface area contributed by atoms with E-state index in [4.69, 9.17) is 5.11 Å². The van der Waals surface area contributed by atoms with Gasteiger partial charge in [0.25, 0.3) is 0 Å². The van der Waals surface area contributed by atoms with Crippen molar-refractivity contribution in [3.8, 4) is 0 Å². The Morgan fingerprint density at radius 1 is 1.21 bits per heavy atom. The molecule has 1 aromatic carbocycles. The molecular weight excluding hydrogens is 240 g/mol. The van der Waals surface area contributed by atoms with E-state index in [2.05, 4.69) is 29.7 Å². The summed E-state index contributed by atoms with van der Waals surface area (Å²) in [7, 11) is 0. The summed E-state index contributed by atoms with van der Waals surface area (Å²) in [5.41, 5.74) is 1.20. The van der Waals surface area contributed by atoms with Crippen molar-refractivity contribution in [1.29, 1.82) is 0 Å². The van der Waals surface area contributed by atoms with Crippen LogP contribution in [0.1, 0.15) is 38.7 Å². The smallest absolute Gasteiger partial charge is 0.315 e. The molecule has 0 bridgehead atoms. The lowest BCUT2D eigenvalue weighted by molar-refractivity contribution is 0.211. The highest BCUT2D eigenvalue weighted by atomic mass is 16.3. The molecule has 0 aliphatic rings. The number of amides is 2. The average Bonchev–Trinajstić information content (AvgIpc) is 2.44. The quantitative estimate of drug-likeness (QED) is 0.738. The maximum absolute atomic E-state index is 11.8. The fourth-order valence-corrected chi connectivity index (χ4v) is 1.88. The first-order chi connectivity index (χ1) is 9.08. The standard InChI is InChI=1S/C15H24N2O2/c1-4-14(10-18)17-15(19)16-12(3)11(2)13-8-6-5-7-9-13/h5-9,11-12,14,18H,4,10H2,1-3H3,(H2,16,17,19). The molecule has 0 aromatic heterocycles. The van der Waals surface area contributed by atoms with Crippen LogP contribution in [0, 0.1) is 0 Å². The summed E-state index contributed by atoms with van der Waals surface area (Å²) >= 11 is 0. The Kier molecular flexibility index (Phi) is 6.36. The largest absolute Gasteiger partial charge is 0.394 e. The van der Waals surface area contributed by atoms with Gasteiger partial charge in [0.05, 0.1) is 12.6 Å². The fourth-order valence-electron chi connectivity index (χ4n) is 1.88. The first-order valence-electron chi connectivity index (χ1n) is 6.81. The van der Waals surface area contributed by atoms with Crippen LogP contribution in [0.4, 0.5) is 4.79 Å². The molecule has 4 nitrogen and oxygen atoms in total. The van der Waals surface area contributed by atoms with Crippen LogP contribution in [0.2, 0.25) is 0 Å². The molecule has 19 heavy (non-hydrogen) atoms. The molecule has 3 unspecified atom stereocenters. The normalized spacial score (nSPS) is 15.4. The van der Waals surface area contributed by atoms with Crippen LogP contribution in [0.5, 0.6) is 0 Å². The van der Waals surface area contributed by atoms with Crippen LogP contribution in [-0.2, 0) is 0 Å². The number of hydrogen-bond donors (Lipinski definition) is 3. The van der Waals surface area contributed by atoms with Crippen molar-refractivity contribution < 1.29 is 9.90 Å². The van der Waals surface area contributed by atoms with Crippen molar-refractivity contribution in [1.82, 2.24) is 10.6 Å². The van der Waals surface area contributed by atoms with Crippen molar-refractivity contribution in [2.24, 2.45) is 0 Å². The zero-order valence-electron chi connectivity index (χ0n) is 11.9. The van der Waals surface area contributed by atoms with Gasteiger partial charge < -0.3 is 15.7 Å². The lowest BCUT2D eigenvalue weighted by Crippen LogP contribution is -2.47. The van der Waals surface area contributed by atoms with Gasteiger partial charge in [0.1, 0.15) is 0 Å². The van der Waals surface area contributed by atoms with Crippen LogP contribution in [0.25, 0.3) is 0 Å². The average molecular weight is 264 g/mol. The molecule has 0 aliphatic heterocycles. The molecule has 0 fully saturated rings. The highest BCUT2D eigenvalue weighted by Gasteiger charge is 2.17. The van der Waals surface area contributed by atoms with E-state index >= 15 is 0 Å². The third-order valence-electron chi connectivity index (χ3n) is 3.48. The van der Waals surface area contributed by atoms with E-state index in [0.29, 0.717) is 6.42 Å². The number of nitrogens with one attached hydrogen (secondary N) is 2. The minimum absolute atomic E-state index is 0.0265. The van der Waals surface area contributed by atoms with Crippen LogP contribution in [-0.4, -0.2) is 29.8 Å². The van der Waals surface area contributed by atoms with Gasteiger partial charge in [0.15, 0.2) is 0 Å². The molecule has 106 valence electrons. The summed E-state index contributed by atoms with van der Waals surface area (Å²) in [6.07, 6.45) is 0.715. The molecule has 0 saturated carbocycles. The number of aliphatic hydroxyl groups excluding tert-OH is 1. The molecule has 0 spiro atoms. The van der Waals surface area contributed by atoms with Gasteiger partial charge in [0, 0.05) is 12.0 Å². The Labute approximate surface area is 115 Å². The molecule has 0 saturated heterocycles. The lowest BCUT2D eigenvalue weighted by atomic mass is 9.94. The number of urea groups is 1. The van der Waals surface area contributed by atoms with E-state index in [9.17, 15) is 4.79 Å². The predicted octanol–water partition coefficient (Wildman–Crippen LogP) is 2.25. The van der Waals surface area contributed by atoms with Crippen molar-refractivity contribution in [3.05, 3.63) is 35.9 Å². The monoisotopic (exact) mass is 264 g/mol. The summed E-state index contributed by atoms with van der Waals surface area (Å²) in [4.78, 5) is 11.8. The van der Waals surface area contributed by atoms with Crippen LogP contribution in [0.15, 0.2) is 30.3 Å². The van der Waals surface area contributed by atoms with Crippen LogP contribution in [0.3, 0.4) is 0 Å². The zero-order chi connectivity index (χ0) is 14.3. The van der Waals surface area contributed by atoms with Crippen molar-refractivity contribution in [3.63, 3.8) is 0 Å². The summed E-state index contributed by atoms with van der Waals surface area (Å²) < 4.78 is 0. The molecule has 3 atom stereocenters. The second-order valence-corrected chi connectivity index (χ2v) is 4.89. The van der Waals surface area contributed by atoms with Crippen LogP contribution < -0.4 is 10.6 Å². The van der Waals surface area contributed by atoms with Gasteiger partial charge in [-0.3, -0.25) is 0 Å². The highest BCUT2D eigenvalue weighted by Crippen LogP contribution is 2.18. The van der Waals surface area contributed by atoms with E-state index in [0.717, 1.165) is 0 Å². The Balaban J connectivity index is 2.50. The maximum Gasteiger partial charge on any atom is 0.315 e. The number of hydrogen-bond acceptors (Lipinski definition) is 2. The number of aliphatic hydroxyl groups is 1. The third kappa shape index (κ3) is 4.91. The van der Waals surface area contributed by atoms with E-state index in [1.54, 1.807) is 0 Å². The zero-order valence-corrected chi connectivity index (χ0v) is 11.9. The van der Waals surface area contributed by atoms with Gasteiger partial charge in [-0.25, -0.2) is 4.79 Å². The van der Waals surface area contributed by atoms with Gasteiger partial charge in [0.2, 0.25) is 0 Å². The first kappa shape index (κ1) is 15.5. The molecule has 0 aliphatic carbocycles. The Morgan fingerprint density at radius 2 is 1.84 bits per heavy atom. The number of benzene rings is 1. The SMILES string of the molecule is CCC(CO)NC(=O)NC(C)C(C)c1ccccc1. The van der Waals surface area contributed by atoms with E-state index in [1.165, 1.54) is 5.56 Å². The highest BCUT2D eigenvalue weighted by molar-refractivity contribution is 5.74. The summed E-state index contributed by atoms with van der Waals surface area (Å²) in [6, 6.07) is 9.71. The number of rotatable bonds is 6. The molecule has 1 rings (SSSR count). The number of carbonyl (C=O) groups is 1. The van der Waals surface area contributed by atoms with Crippen LogP contribution >= 0.6 is 0 Å². The van der Waals surface area contributed by atoms with Gasteiger partial charge in [-0.2, -0.15) is 0 Å². The first-order valence-corrected chi connectivity index (χ1v) is 6.81. The molecule has 3 N–H and O–H groups in total. The maximum atomic E-state index is 11.8. The fraction of sp³-hybridized carbons (Fsp3) is 0.533. The summed E-state index contributed by atoms with van der Waals surface area (Å²) in [5.74, 6) is 0.237. The van der Waals surface area contributed by atoms with E-state index < -0.39 is 0 Å². The van der Waals surface area contributed by atoms with Crippen molar-refractivity contribution in [2.45, 2.75) is 45.2 Å².